The van der Waals surface area contributed by atoms with Crippen molar-refractivity contribution in [2.75, 3.05) is 11.9 Å². The molecule has 0 radical (unpaired) electrons. The summed E-state index contributed by atoms with van der Waals surface area (Å²) in [4.78, 5) is 20.7. The molecule has 0 amide bonds. The first kappa shape index (κ1) is 13.0. The third-order valence-electron chi connectivity index (χ3n) is 2.52. The van der Waals surface area contributed by atoms with Gasteiger partial charge >= 0.3 is 6.01 Å². The molecule has 3 rings (SSSR count). The standard InChI is InChI=1S/C13H13N7O/c1-2-16-11-17-12(20-7-6-15-9-20)19-13(18-11)21-10-4-3-5-14-8-10/h3-9H,2H2,1H3,(H,16,17,18,19). The van der Waals surface area contributed by atoms with Crippen molar-refractivity contribution < 1.29 is 4.74 Å². The summed E-state index contributed by atoms with van der Waals surface area (Å²) < 4.78 is 7.28. The van der Waals surface area contributed by atoms with Crippen LogP contribution in [0.3, 0.4) is 0 Å². The maximum absolute atomic E-state index is 5.61. The van der Waals surface area contributed by atoms with Crippen molar-refractivity contribution in [3.05, 3.63) is 43.2 Å². The highest BCUT2D eigenvalue weighted by Crippen LogP contribution is 2.18. The lowest BCUT2D eigenvalue weighted by Gasteiger charge is -2.08. The number of hydrogen-bond donors (Lipinski definition) is 1. The van der Waals surface area contributed by atoms with Gasteiger partial charge in [-0.3, -0.25) is 9.55 Å². The van der Waals surface area contributed by atoms with E-state index in [2.05, 4.69) is 30.2 Å². The molecule has 0 aromatic carbocycles. The lowest BCUT2D eigenvalue weighted by atomic mass is 10.5. The maximum atomic E-state index is 5.61. The zero-order valence-corrected chi connectivity index (χ0v) is 11.3. The zero-order chi connectivity index (χ0) is 14.5. The van der Waals surface area contributed by atoms with E-state index in [1.54, 1.807) is 47.8 Å². The average molecular weight is 283 g/mol. The predicted molar refractivity (Wildman–Crippen MR) is 75.4 cm³/mol. The fraction of sp³-hybridized carbons (Fsp3) is 0.154. The number of hydrogen-bond acceptors (Lipinski definition) is 7. The van der Waals surface area contributed by atoms with Gasteiger partial charge in [-0.2, -0.15) is 15.0 Å². The monoisotopic (exact) mass is 283 g/mol. The van der Waals surface area contributed by atoms with Gasteiger partial charge in [-0.1, -0.05) is 0 Å². The first-order chi connectivity index (χ1) is 10.3. The Morgan fingerprint density at radius 2 is 2.14 bits per heavy atom. The summed E-state index contributed by atoms with van der Waals surface area (Å²) >= 11 is 0. The van der Waals surface area contributed by atoms with Gasteiger partial charge in [0.15, 0.2) is 0 Å². The molecular formula is C13H13N7O. The lowest BCUT2D eigenvalue weighted by molar-refractivity contribution is 0.437. The highest BCUT2D eigenvalue weighted by Gasteiger charge is 2.09. The molecule has 0 saturated carbocycles. The molecular weight excluding hydrogens is 270 g/mol. The molecule has 3 aromatic heterocycles. The second-order valence-corrected chi connectivity index (χ2v) is 4.03. The summed E-state index contributed by atoms with van der Waals surface area (Å²) in [5, 5.41) is 3.04. The second kappa shape index (κ2) is 5.95. The molecule has 0 aliphatic rings. The Balaban J connectivity index is 1.95. The lowest BCUT2D eigenvalue weighted by Crippen LogP contribution is -2.09. The van der Waals surface area contributed by atoms with Crippen LogP contribution in [0.25, 0.3) is 5.95 Å². The van der Waals surface area contributed by atoms with E-state index in [1.807, 2.05) is 6.92 Å². The molecule has 0 saturated heterocycles. The van der Waals surface area contributed by atoms with E-state index in [-0.39, 0.29) is 6.01 Å². The maximum Gasteiger partial charge on any atom is 0.328 e. The van der Waals surface area contributed by atoms with Crippen LogP contribution in [0.2, 0.25) is 0 Å². The Kier molecular flexibility index (Phi) is 3.68. The van der Waals surface area contributed by atoms with Crippen molar-refractivity contribution in [3.63, 3.8) is 0 Å². The molecule has 0 aliphatic carbocycles. The molecule has 106 valence electrons. The Labute approximate surface area is 120 Å². The van der Waals surface area contributed by atoms with Gasteiger partial charge in [0.05, 0.1) is 6.20 Å². The second-order valence-electron chi connectivity index (χ2n) is 4.03. The van der Waals surface area contributed by atoms with Crippen LogP contribution in [0, 0.1) is 0 Å². The minimum Gasteiger partial charge on any atom is -0.422 e. The van der Waals surface area contributed by atoms with Crippen LogP contribution in [0.15, 0.2) is 43.2 Å². The minimum atomic E-state index is 0.192. The van der Waals surface area contributed by atoms with E-state index in [0.717, 1.165) is 0 Å². The largest absolute Gasteiger partial charge is 0.422 e. The zero-order valence-electron chi connectivity index (χ0n) is 11.3. The Morgan fingerprint density at radius 1 is 1.19 bits per heavy atom. The van der Waals surface area contributed by atoms with Gasteiger partial charge in [0, 0.05) is 25.1 Å². The van der Waals surface area contributed by atoms with Crippen molar-refractivity contribution in [2.45, 2.75) is 6.92 Å². The van der Waals surface area contributed by atoms with Crippen LogP contribution in [0.4, 0.5) is 5.95 Å². The van der Waals surface area contributed by atoms with Gasteiger partial charge in [0.1, 0.15) is 12.1 Å². The normalized spacial score (nSPS) is 10.3. The number of pyridine rings is 1. The van der Waals surface area contributed by atoms with E-state index in [4.69, 9.17) is 4.74 Å². The van der Waals surface area contributed by atoms with Crippen LogP contribution >= 0.6 is 0 Å². The van der Waals surface area contributed by atoms with E-state index in [9.17, 15) is 0 Å². The number of aromatic nitrogens is 6. The number of nitrogens with zero attached hydrogens (tertiary/aromatic N) is 6. The first-order valence-electron chi connectivity index (χ1n) is 6.41. The molecule has 0 unspecified atom stereocenters. The Morgan fingerprint density at radius 3 is 2.86 bits per heavy atom. The van der Waals surface area contributed by atoms with Gasteiger partial charge in [-0.25, -0.2) is 4.98 Å². The molecule has 8 heteroatoms. The molecule has 21 heavy (non-hydrogen) atoms. The third-order valence-corrected chi connectivity index (χ3v) is 2.52. The average Bonchev–Trinajstić information content (AvgIpc) is 3.03. The summed E-state index contributed by atoms with van der Waals surface area (Å²) in [7, 11) is 0. The van der Waals surface area contributed by atoms with Gasteiger partial charge < -0.3 is 10.1 Å². The first-order valence-corrected chi connectivity index (χ1v) is 6.41. The summed E-state index contributed by atoms with van der Waals surface area (Å²) in [5.41, 5.74) is 0. The molecule has 0 fully saturated rings. The summed E-state index contributed by atoms with van der Waals surface area (Å²) in [5.74, 6) is 1.43. The van der Waals surface area contributed by atoms with E-state index < -0.39 is 0 Å². The van der Waals surface area contributed by atoms with Crippen molar-refractivity contribution in [3.8, 4) is 17.7 Å². The SMILES string of the molecule is CCNc1nc(Oc2cccnc2)nc(-n2ccnc2)n1. The molecule has 3 heterocycles. The number of nitrogens with one attached hydrogen (secondary N) is 1. The fourth-order valence-electron chi connectivity index (χ4n) is 1.63. The third kappa shape index (κ3) is 3.11. The van der Waals surface area contributed by atoms with Crippen LogP contribution in [-0.2, 0) is 0 Å². The highest BCUT2D eigenvalue weighted by molar-refractivity contribution is 5.31. The van der Waals surface area contributed by atoms with Crippen molar-refractivity contribution in [1.82, 2.24) is 29.5 Å². The Hall–Kier alpha value is -3.03. The predicted octanol–water partition coefficient (Wildman–Crippen LogP) is 1.68. The highest BCUT2D eigenvalue weighted by atomic mass is 16.5. The number of ether oxygens (including phenoxy) is 1. The van der Waals surface area contributed by atoms with Crippen LogP contribution in [-0.4, -0.2) is 36.0 Å². The topological polar surface area (TPSA) is 90.6 Å². The van der Waals surface area contributed by atoms with Gasteiger partial charge in [-0.05, 0) is 19.1 Å². The molecule has 0 atom stereocenters. The van der Waals surface area contributed by atoms with Gasteiger partial charge in [-0.15, -0.1) is 0 Å². The van der Waals surface area contributed by atoms with Crippen molar-refractivity contribution in [1.29, 1.82) is 0 Å². The van der Waals surface area contributed by atoms with E-state index >= 15 is 0 Å². The summed E-state index contributed by atoms with van der Waals surface area (Å²) in [6.45, 7) is 2.65. The smallest absolute Gasteiger partial charge is 0.328 e. The number of imidazole rings is 1. The fourth-order valence-corrected chi connectivity index (χ4v) is 1.63. The van der Waals surface area contributed by atoms with E-state index in [0.29, 0.717) is 24.2 Å². The van der Waals surface area contributed by atoms with Crippen LogP contribution in [0.5, 0.6) is 11.8 Å². The van der Waals surface area contributed by atoms with E-state index in [1.165, 1.54) is 0 Å². The quantitative estimate of drug-likeness (QED) is 0.761. The molecule has 0 aliphatic heterocycles. The molecule has 3 aromatic rings. The molecule has 1 N–H and O–H groups in total. The minimum absolute atomic E-state index is 0.192. The van der Waals surface area contributed by atoms with Crippen LogP contribution < -0.4 is 10.1 Å². The Bertz CT molecular complexity index is 700. The summed E-state index contributed by atoms with van der Waals surface area (Å²) in [6.07, 6.45) is 8.27. The summed E-state index contributed by atoms with van der Waals surface area (Å²) in [6, 6.07) is 3.75. The number of rotatable bonds is 5. The molecule has 0 bridgehead atoms. The van der Waals surface area contributed by atoms with Gasteiger partial charge in [0.2, 0.25) is 11.9 Å². The number of anilines is 1. The van der Waals surface area contributed by atoms with Crippen molar-refractivity contribution in [2.24, 2.45) is 0 Å². The van der Waals surface area contributed by atoms with Gasteiger partial charge in [0.25, 0.3) is 0 Å². The molecule has 8 nitrogen and oxygen atoms in total. The van der Waals surface area contributed by atoms with Crippen LogP contribution in [0.1, 0.15) is 6.92 Å². The molecule has 0 spiro atoms. The van der Waals surface area contributed by atoms with Crippen molar-refractivity contribution >= 4 is 5.95 Å².